The molecule has 0 saturated carbocycles. The second-order valence-electron chi connectivity index (χ2n) is 8.71. The Morgan fingerprint density at radius 2 is 1.91 bits per heavy atom. The molecule has 0 spiro atoms. The summed E-state index contributed by atoms with van der Waals surface area (Å²) >= 11 is 0. The monoisotopic (exact) mass is 484 g/mol. The molecule has 1 aliphatic heterocycles. The average Bonchev–Trinajstić information content (AvgIpc) is 3.14. The van der Waals surface area contributed by atoms with Gasteiger partial charge in [-0.15, -0.1) is 0 Å². The fourth-order valence-electron chi connectivity index (χ4n) is 3.78. The Balaban J connectivity index is 2.08. The lowest BCUT2D eigenvalue weighted by Gasteiger charge is -2.27. The van der Waals surface area contributed by atoms with Gasteiger partial charge < -0.3 is 20.5 Å². The van der Waals surface area contributed by atoms with Crippen molar-refractivity contribution in [1.82, 2.24) is 10.6 Å². The molecule has 0 aromatic heterocycles. The van der Waals surface area contributed by atoms with Crippen molar-refractivity contribution in [2.75, 3.05) is 6.54 Å². The van der Waals surface area contributed by atoms with Crippen molar-refractivity contribution in [1.29, 1.82) is 0 Å². The van der Waals surface area contributed by atoms with Gasteiger partial charge in [0, 0.05) is 18.4 Å². The largest absolute Gasteiger partial charge is 0.461 e. The Morgan fingerprint density at radius 3 is 2.45 bits per heavy atom. The third-order valence-electron chi connectivity index (χ3n) is 5.46. The van der Waals surface area contributed by atoms with E-state index in [1.807, 2.05) is 32.0 Å². The molecule has 1 aromatic rings. The van der Waals surface area contributed by atoms with Gasteiger partial charge >= 0.3 is 5.97 Å². The Morgan fingerprint density at radius 1 is 1.24 bits per heavy atom. The number of carbonyl (C=O) groups is 3. The van der Waals surface area contributed by atoms with Gasteiger partial charge in [0.1, 0.15) is 6.61 Å². The zero-order valence-electron chi connectivity index (χ0n) is 18.8. The van der Waals surface area contributed by atoms with Crippen LogP contribution >= 0.6 is 0 Å². The lowest BCUT2D eigenvalue weighted by atomic mass is 9.92. The van der Waals surface area contributed by atoms with Crippen LogP contribution in [0.25, 0.3) is 0 Å². The summed E-state index contributed by atoms with van der Waals surface area (Å²) in [6.07, 6.45) is 0.302. The standard InChI is InChI=1S/C22H32N2O8S/c1-14(2)10-17(12-19(25)32-13-15-6-4-3-5-7-15)21(27)24-18(22(28)33(29,30)31)11-16-8-9-23-20(16)26/h3-7,14,16-18,22,28H,8-13H2,1-2H3,(H,23,26)(H,24,27)(H,29,30,31)/t16-,17+,18-,22?/m0/s1. The van der Waals surface area contributed by atoms with E-state index in [0.717, 1.165) is 5.56 Å². The van der Waals surface area contributed by atoms with E-state index in [9.17, 15) is 32.5 Å². The van der Waals surface area contributed by atoms with Crippen LogP contribution < -0.4 is 10.6 Å². The smallest absolute Gasteiger partial charge is 0.306 e. The van der Waals surface area contributed by atoms with Crippen LogP contribution in [0.5, 0.6) is 0 Å². The number of ether oxygens (including phenoxy) is 1. The van der Waals surface area contributed by atoms with Gasteiger partial charge in [-0.3, -0.25) is 18.9 Å². The number of nitrogens with one attached hydrogen (secondary N) is 2. The van der Waals surface area contributed by atoms with Gasteiger partial charge in [0.15, 0.2) is 0 Å². The van der Waals surface area contributed by atoms with Gasteiger partial charge in [0.05, 0.1) is 12.5 Å². The molecule has 1 aliphatic rings. The van der Waals surface area contributed by atoms with E-state index in [-0.39, 0.29) is 31.3 Å². The third-order valence-corrected chi connectivity index (χ3v) is 6.40. The Hall–Kier alpha value is -2.50. The van der Waals surface area contributed by atoms with E-state index in [1.165, 1.54) is 0 Å². The number of aliphatic hydroxyl groups is 1. The molecular formula is C22H32N2O8S. The number of carbonyl (C=O) groups excluding carboxylic acids is 3. The molecule has 1 fully saturated rings. The summed E-state index contributed by atoms with van der Waals surface area (Å²) in [5.41, 5.74) is -1.51. The number of hydrogen-bond acceptors (Lipinski definition) is 7. The van der Waals surface area contributed by atoms with Gasteiger partial charge in [0.25, 0.3) is 10.1 Å². The van der Waals surface area contributed by atoms with Gasteiger partial charge in [-0.25, -0.2) is 0 Å². The maximum absolute atomic E-state index is 13.0. The van der Waals surface area contributed by atoms with Crippen molar-refractivity contribution < 1.29 is 37.2 Å². The second-order valence-corrected chi connectivity index (χ2v) is 10.2. The lowest BCUT2D eigenvalue weighted by molar-refractivity contribution is -0.148. The summed E-state index contributed by atoms with van der Waals surface area (Å²) in [4.78, 5) is 37.3. The zero-order valence-corrected chi connectivity index (χ0v) is 19.6. The number of benzene rings is 1. The van der Waals surface area contributed by atoms with Crippen LogP contribution in [-0.2, 0) is 35.8 Å². The molecule has 2 rings (SSSR count). The SMILES string of the molecule is CC(C)C[C@H](CC(=O)OCc1ccccc1)C(=O)N[C@@H](C[C@@H]1CCNC1=O)C(O)S(=O)(=O)O. The highest BCUT2D eigenvalue weighted by Gasteiger charge is 2.37. The van der Waals surface area contributed by atoms with Crippen LogP contribution in [0.3, 0.4) is 0 Å². The fourth-order valence-corrected chi connectivity index (χ4v) is 4.38. The molecule has 1 heterocycles. The molecule has 4 atom stereocenters. The van der Waals surface area contributed by atoms with Crippen molar-refractivity contribution in [2.24, 2.45) is 17.8 Å². The topological polar surface area (TPSA) is 159 Å². The van der Waals surface area contributed by atoms with Crippen molar-refractivity contribution >= 4 is 27.9 Å². The van der Waals surface area contributed by atoms with Gasteiger partial charge in [-0.05, 0) is 30.7 Å². The molecule has 10 nitrogen and oxygen atoms in total. The van der Waals surface area contributed by atoms with Crippen molar-refractivity contribution in [3.63, 3.8) is 0 Å². The predicted octanol–water partition coefficient (Wildman–Crippen LogP) is 0.999. The van der Waals surface area contributed by atoms with Crippen molar-refractivity contribution in [3.8, 4) is 0 Å². The van der Waals surface area contributed by atoms with Crippen LogP contribution in [0.1, 0.15) is 45.1 Å². The molecule has 0 aliphatic carbocycles. The molecule has 0 radical (unpaired) electrons. The molecule has 2 amide bonds. The number of aliphatic hydroxyl groups excluding tert-OH is 1. The number of esters is 1. The van der Waals surface area contributed by atoms with E-state index in [2.05, 4.69) is 10.6 Å². The first kappa shape index (κ1) is 26.7. The summed E-state index contributed by atoms with van der Waals surface area (Å²) in [6, 6.07) is 7.63. The normalized spacial score (nSPS) is 18.9. The summed E-state index contributed by atoms with van der Waals surface area (Å²) in [7, 11) is -4.90. The summed E-state index contributed by atoms with van der Waals surface area (Å²) in [6.45, 7) is 4.18. The Labute approximate surface area is 193 Å². The van der Waals surface area contributed by atoms with E-state index in [1.54, 1.807) is 12.1 Å². The third kappa shape index (κ3) is 8.75. The van der Waals surface area contributed by atoms with Gasteiger partial charge in [-0.1, -0.05) is 44.2 Å². The molecular weight excluding hydrogens is 452 g/mol. The van der Waals surface area contributed by atoms with Crippen LogP contribution in [-0.4, -0.2) is 53.9 Å². The van der Waals surface area contributed by atoms with E-state index in [0.29, 0.717) is 19.4 Å². The molecule has 1 unspecified atom stereocenters. The minimum atomic E-state index is -4.90. The second kappa shape index (κ2) is 12.1. The summed E-state index contributed by atoms with van der Waals surface area (Å²) < 4.78 is 37.6. The first-order chi connectivity index (χ1) is 15.5. The maximum atomic E-state index is 13.0. The Kier molecular flexibility index (Phi) is 9.81. The molecule has 0 bridgehead atoms. The minimum Gasteiger partial charge on any atom is -0.461 e. The molecule has 1 aromatic carbocycles. The highest BCUT2D eigenvalue weighted by Crippen LogP contribution is 2.22. The predicted molar refractivity (Wildman–Crippen MR) is 119 cm³/mol. The van der Waals surface area contributed by atoms with E-state index in [4.69, 9.17) is 4.74 Å². The maximum Gasteiger partial charge on any atom is 0.306 e. The summed E-state index contributed by atoms with van der Waals surface area (Å²) in [5.74, 6) is -3.01. The minimum absolute atomic E-state index is 0.0354. The molecule has 33 heavy (non-hydrogen) atoms. The number of rotatable bonds is 12. The molecule has 4 N–H and O–H groups in total. The van der Waals surface area contributed by atoms with Crippen LogP contribution in [0.4, 0.5) is 0 Å². The molecule has 1 saturated heterocycles. The van der Waals surface area contributed by atoms with Crippen LogP contribution in [0.15, 0.2) is 30.3 Å². The molecule has 184 valence electrons. The Bertz CT molecular complexity index is 920. The lowest BCUT2D eigenvalue weighted by Crippen LogP contribution is -2.50. The summed E-state index contributed by atoms with van der Waals surface area (Å²) in [5, 5.41) is 15.2. The quantitative estimate of drug-likeness (QED) is 0.253. The highest BCUT2D eigenvalue weighted by molar-refractivity contribution is 7.86. The highest BCUT2D eigenvalue weighted by atomic mass is 32.2. The van der Waals surface area contributed by atoms with Crippen molar-refractivity contribution in [2.45, 2.75) is 57.6 Å². The first-order valence-electron chi connectivity index (χ1n) is 10.9. The van der Waals surface area contributed by atoms with Gasteiger partial charge in [-0.2, -0.15) is 8.42 Å². The van der Waals surface area contributed by atoms with Gasteiger partial charge in [0.2, 0.25) is 17.3 Å². The van der Waals surface area contributed by atoms with E-state index < -0.39 is 45.3 Å². The number of amides is 2. The van der Waals surface area contributed by atoms with E-state index >= 15 is 0 Å². The zero-order chi connectivity index (χ0) is 24.6. The van der Waals surface area contributed by atoms with Crippen LogP contribution in [0, 0.1) is 17.8 Å². The fraction of sp³-hybridized carbons (Fsp3) is 0.591. The first-order valence-corrected chi connectivity index (χ1v) is 12.4. The number of hydrogen-bond donors (Lipinski definition) is 4. The average molecular weight is 485 g/mol. The van der Waals surface area contributed by atoms with Crippen LogP contribution in [0.2, 0.25) is 0 Å². The molecule has 11 heteroatoms. The van der Waals surface area contributed by atoms with Crippen molar-refractivity contribution in [3.05, 3.63) is 35.9 Å².